The molecule has 0 spiro atoms. The number of ether oxygens (including phenoxy) is 1. The average Bonchev–Trinajstić information content (AvgIpc) is 2.89. The molecule has 4 heteroatoms. The Hall–Kier alpha value is -1.84. The minimum Gasteiger partial charge on any atom is -0.497 e. The molecule has 0 radical (unpaired) electrons. The molecule has 0 saturated heterocycles. The van der Waals surface area contributed by atoms with Crippen LogP contribution in [0.1, 0.15) is 41.6 Å². The second-order valence-corrected chi connectivity index (χ2v) is 4.95. The Morgan fingerprint density at radius 1 is 1.26 bits per heavy atom. The van der Waals surface area contributed by atoms with Crippen LogP contribution in [-0.2, 0) is 6.42 Å². The van der Waals surface area contributed by atoms with E-state index in [-0.39, 0.29) is 0 Å². The third-order valence-corrected chi connectivity index (χ3v) is 3.62. The summed E-state index contributed by atoms with van der Waals surface area (Å²) in [6.45, 7) is 6.51. The summed E-state index contributed by atoms with van der Waals surface area (Å²) in [6, 6.07) is 4.21. The van der Waals surface area contributed by atoms with Crippen molar-refractivity contribution < 1.29 is 4.74 Å². The Morgan fingerprint density at radius 3 is 2.42 bits per heavy atom. The zero-order valence-corrected chi connectivity index (χ0v) is 12.0. The number of nitrogens with zero attached hydrogens (tertiary/aromatic N) is 2. The van der Waals surface area contributed by atoms with Crippen molar-refractivity contribution in [3.05, 3.63) is 40.7 Å². The van der Waals surface area contributed by atoms with Gasteiger partial charge < -0.3 is 4.74 Å². The minimum absolute atomic E-state index is 0.469. The number of hydrogen-bond donors (Lipinski definition) is 1. The molecule has 1 aromatic carbocycles. The summed E-state index contributed by atoms with van der Waals surface area (Å²) < 4.78 is 5.32. The number of aromatic nitrogens is 3. The molecule has 0 aliphatic rings. The molecule has 1 unspecified atom stereocenters. The maximum atomic E-state index is 5.32. The highest BCUT2D eigenvalue weighted by atomic mass is 16.5. The monoisotopic (exact) mass is 259 g/mol. The van der Waals surface area contributed by atoms with Gasteiger partial charge in [-0.2, -0.15) is 15.4 Å². The number of benzene rings is 1. The first-order chi connectivity index (χ1) is 9.15. The van der Waals surface area contributed by atoms with Crippen molar-refractivity contribution in [3.8, 4) is 5.75 Å². The summed E-state index contributed by atoms with van der Waals surface area (Å²) in [5, 5.41) is 10.7. The van der Waals surface area contributed by atoms with Crippen LogP contribution in [0.2, 0.25) is 0 Å². The van der Waals surface area contributed by atoms with Crippen LogP contribution in [0, 0.1) is 13.8 Å². The van der Waals surface area contributed by atoms with Crippen molar-refractivity contribution >= 4 is 0 Å². The van der Waals surface area contributed by atoms with Crippen LogP contribution < -0.4 is 4.74 Å². The van der Waals surface area contributed by atoms with Crippen molar-refractivity contribution in [1.82, 2.24) is 15.4 Å². The number of nitrogens with one attached hydrogen (secondary N) is 1. The van der Waals surface area contributed by atoms with E-state index in [1.165, 1.54) is 16.7 Å². The number of aryl methyl sites for hydroxylation is 2. The summed E-state index contributed by atoms with van der Waals surface area (Å²) in [7, 11) is 1.71. The van der Waals surface area contributed by atoms with Gasteiger partial charge in [0.1, 0.15) is 5.75 Å². The fourth-order valence-corrected chi connectivity index (χ4v) is 2.72. The van der Waals surface area contributed by atoms with Gasteiger partial charge in [0, 0.05) is 0 Å². The van der Waals surface area contributed by atoms with E-state index in [0.717, 1.165) is 24.3 Å². The standard InChI is InChI=1S/C15H21N3O/c1-5-12(8-13-9-16-18-17-13)15-10(2)6-14(19-4)7-11(15)3/h6-7,9,12H,5,8H2,1-4H3,(H,16,17,18). The molecular weight excluding hydrogens is 238 g/mol. The highest BCUT2D eigenvalue weighted by Crippen LogP contribution is 2.32. The Morgan fingerprint density at radius 2 is 1.95 bits per heavy atom. The predicted molar refractivity (Wildman–Crippen MR) is 75.6 cm³/mol. The fourth-order valence-electron chi connectivity index (χ4n) is 2.72. The molecule has 0 bridgehead atoms. The molecule has 0 aliphatic heterocycles. The summed E-state index contributed by atoms with van der Waals surface area (Å²) in [6.07, 6.45) is 3.80. The third-order valence-electron chi connectivity index (χ3n) is 3.62. The van der Waals surface area contributed by atoms with E-state index in [4.69, 9.17) is 4.74 Å². The van der Waals surface area contributed by atoms with Gasteiger partial charge in [-0.3, -0.25) is 0 Å². The number of methoxy groups -OCH3 is 1. The molecule has 19 heavy (non-hydrogen) atoms. The largest absolute Gasteiger partial charge is 0.497 e. The van der Waals surface area contributed by atoms with E-state index < -0.39 is 0 Å². The van der Waals surface area contributed by atoms with Gasteiger partial charge in [-0.15, -0.1) is 0 Å². The smallest absolute Gasteiger partial charge is 0.119 e. The minimum atomic E-state index is 0.469. The SMILES string of the molecule is CCC(Cc1cn[nH]n1)c1c(C)cc(OC)cc1C. The Kier molecular flexibility index (Phi) is 4.20. The Balaban J connectivity index is 2.32. The van der Waals surface area contributed by atoms with Crippen LogP contribution in [0.15, 0.2) is 18.3 Å². The lowest BCUT2D eigenvalue weighted by Gasteiger charge is -2.20. The van der Waals surface area contributed by atoms with Gasteiger partial charge in [0.25, 0.3) is 0 Å². The van der Waals surface area contributed by atoms with E-state index in [2.05, 4.69) is 48.3 Å². The lowest BCUT2D eigenvalue weighted by Crippen LogP contribution is -2.07. The lowest BCUT2D eigenvalue weighted by molar-refractivity contribution is 0.413. The highest BCUT2D eigenvalue weighted by Gasteiger charge is 2.17. The van der Waals surface area contributed by atoms with Gasteiger partial charge in [0.15, 0.2) is 0 Å². The second kappa shape index (κ2) is 5.87. The summed E-state index contributed by atoms with van der Waals surface area (Å²) in [5.74, 6) is 1.39. The van der Waals surface area contributed by atoms with Gasteiger partial charge in [-0.05, 0) is 61.4 Å². The van der Waals surface area contributed by atoms with Crippen LogP contribution in [0.5, 0.6) is 5.75 Å². The van der Waals surface area contributed by atoms with Gasteiger partial charge in [0.2, 0.25) is 0 Å². The molecule has 0 aliphatic carbocycles. The zero-order valence-electron chi connectivity index (χ0n) is 12.0. The van der Waals surface area contributed by atoms with Crippen LogP contribution in [0.4, 0.5) is 0 Å². The van der Waals surface area contributed by atoms with E-state index >= 15 is 0 Å². The number of hydrogen-bond acceptors (Lipinski definition) is 3. The van der Waals surface area contributed by atoms with Crippen molar-refractivity contribution in [2.45, 2.75) is 39.5 Å². The molecule has 0 fully saturated rings. The molecule has 102 valence electrons. The molecule has 1 N–H and O–H groups in total. The molecular formula is C15H21N3O. The fraction of sp³-hybridized carbons (Fsp3) is 0.467. The lowest BCUT2D eigenvalue weighted by atomic mass is 9.86. The average molecular weight is 259 g/mol. The summed E-state index contributed by atoms with van der Waals surface area (Å²) >= 11 is 0. The molecule has 2 rings (SSSR count). The van der Waals surface area contributed by atoms with Crippen LogP contribution in [-0.4, -0.2) is 22.5 Å². The molecule has 1 aromatic heterocycles. The molecule has 4 nitrogen and oxygen atoms in total. The van der Waals surface area contributed by atoms with Crippen molar-refractivity contribution in [1.29, 1.82) is 0 Å². The van der Waals surface area contributed by atoms with Crippen LogP contribution in [0.3, 0.4) is 0 Å². The van der Waals surface area contributed by atoms with Crippen molar-refractivity contribution in [2.24, 2.45) is 0 Å². The molecule has 0 saturated carbocycles. The topological polar surface area (TPSA) is 50.8 Å². The Labute approximate surface area is 114 Å². The predicted octanol–water partition coefficient (Wildman–Crippen LogP) is 3.17. The van der Waals surface area contributed by atoms with Crippen molar-refractivity contribution in [3.63, 3.8) is 0 Å². The van der Waals surface area contributed by atoms with E-state index in [1.54, 1.807) is 13.3 Å². The maximum Gasteiger partial charge on any atom is 0.119 e. The first kappa shape index (κ1) is 13.6. The maximum absolute atomic E-state index is 5.32. The van der Waals surface area contributed by atoms with Gasteiger partial charge in [-0.25, -0.2) is 0 Å². The van der Waals surface area contributed by atoms with E-state index in [1.807, 2.05) is 0 Å². The first-order valence-electron chi connectivity index (χ1n) is 6.65. The summed E-state index contributed by atoms with van der Waals surface area (Å²) in [5.41, 5.74) is 4.99. The third kappa shape index (κ3) is 2.95. The Bertz CT molecular complexity index is 511. The molecule has 1 atom stereocenters. The number of H-pyrrole nitrogens is 1. The van der Waals surface area contributed by atoms with E-state index in [0.29, 0.717) is 5.92 Å². The van der Waals surface area contributed by atoms with Crippen LogP contribution in [0.25, 0.3) is 0 Å². The van der Waals surface area contributed by atoms with Crippen LogP contribution >= 0.6 is 0 Å². The van der Waals surface area contributed by atoms with E-state index in [9.17, 15) is 0 Å². The molecule has 0 amide bonds. The normalized spacial score (nSPS) is 12.4. The number of aromatic amines is 1. The molecule has 1 heterocycles. The molecule has 2 aromatic rings. The number of rotatable bonds is 5. The summed E-state index contributed by atoms with van der Waals surface area (Å²) in [4.78, 5) is 0. The highest BCUT2D eigenvalue weighted by molar-refractivity contribution is 5.43. The first-order valence-corrected chi connectivity index (χ1v) is 6.65. The van der Waals surface area contributed by atoms with Gasteiger partial charge in [-0.1, -0.05) is 6.92 Å². The van der Waals surface area contributed by atoms with Crippen molar-refractivity contribution in [2.75, 3.05) is 7.11 Å². The quantitative estimate of drug-likeness (QED) is 0.897. The van der Waals surface area contributed by atoms with Gasteiger partial charge >= 0.3 is 0 Å². The second-order valence-electron chi connectivity index (χ2n) is 4.95. The van der Waals surface area contributed by atoms with Gasteiger partial charge in [0.05, 0.1) is 19.0 Å². The zero-order chi connectivity index (χ0) is 13.8.